The number of sulfonamides is 1. The Morgan fingerprint density at radius 1 is 1.07 bits per heavy atom. The fourth-order valence-corrected chi connectivity index (χ4v) is 8.32. The topological polar surface area (TPSA) is 157 Å². The molecule has 4 aromatic heterocycles. The highest BCUT2D eigenvalue weighted by molar-refractivity contribution is 7.92. The monoisotopic (exact) mass is 810 g/mol. The number of aryl methyl sites for hydroxylation is 1. The number of H-pyrrole nitrogens is 1. The number of aromatic nitrogens is 6. The van der Waals surface area contributed by atoms with Gasteiger partial charge in [-0.25, -0.2) is 22.2 Å². The van der Waals surface area contributed by atoms with E-state index in [1.807, 2.05) is 0 Å². The van der Waals surface area contributed by atoms with Crippen LogP contribution in [0.2, 0.25) is 0 Å². The Morgan fingerprint density at radius 3 is 2.42 bits per heavy atom. The van der Waals surface area contributed by atoms with Crippen molar-refractivity contribution >= 4 is 54.3 Å². The summed E-state index contributed by atoms with van der Waals surface area (Å²) in [5, 5.41) is 10.7. The van der Waals surface area contributed by atoms with E-state index in [4.69, 9.17) is 0 Å². The molecule has 4 heterocycles. The fourth-order valence-electron chi connectivity index (χ4n) is 7.10. The highest BCUT2D eigenvalue weighted by atomic mass is 32.2. The van der Waals surface area contributed by atoms with Crippen LogP contribution in [-0.4, -0.2) is 50.1 Å². The van der Waals surface area contributed by atoms with Crippen molar-refractivity contribution in [3.63, 3.8) is 0 Å². The lowest BCUT2D eigenvalue weighted by Gasteiger charge is -2.23. The van der Waals surface area contributed by atoms with Gasteiger partial charge in [-0.2, -0.15) is 32.1 Å². The van der Waals surface area contributed by atoms with Crippen LogP contribution in [0, 0.1) is 17.6 Å². The Balaban J connectivity index is 1.39. The van der Waals surface area contributed by atoms with Gasteiger partial charge >= 0.3 is 11.0 Å². The second-order valence-electron chi connectivity index (χ2n) is 13.4. The van der Waals surface area contributed by atoms with Crippen LogP contribution in [0.25, 0.3) is 32.4 Å². The van der Waals surface area contributed by atoms with Crippen molar-refractivity contribution in [1.29, 1.82) is 0 Å². The molecule has 0 unspecified atom stereocenters. The number of hydrogen-bond donors (Lipinski definition) is 3. The summed E-state index contributed by atoms with van der Waals surface area (Å²) in [6.07, 6.45) is -4.56. The van der Waals surface area contributed by atoms with Crippen LogP contribution < -0.4 is 14.9 Å². The van der Waals surface area contributed by atoms with E-state index in [0.717, 1.165) is 36.6 Å². The van der Waals surface area contributed by atoms with Crippen LogP contribution in [-0.2, 0) is 46.9 Å². The third kappa shape index (κ3) is 6.94. The van der Waals surface area contributed by atoms with Crippen molar-refractivity contribution in [3.05, 3.63) is 92.0 Å². The van der Waals surface area contributed by atoms with Crippen molar-refractivity contribution in [3.8, 4) is 11.1 Å². The number of aromatic amines is 1. The molecule has 3 N–H and O–H groups in total. The maximum atomic E-state index is 15.5. The Bertz CT molecular complexity index is 2680. The van der Waals surface area contributed by atoms with Crippen LogP contribution in [0.5, 0.6) is 0 Å². The second kappa shape index (κ2) is 13.2. The molecule has 1 aliphatic carbocycles. The largest absolute Gasteiger partial charge is 0.435 e. The second-order valence-corrected chi connectivity index (χ2v) is 16.2. The third-order valence-corrected chi connectivity index (χ3v) is 10.9. The number of pyridine rings is 1. The number of alkyl halides is 5. The normalized spacial score (nSPS) is 17.5. The number of anilines is 1. The molecule has 0 saturated heterocycles. The Labute approximate surface area is 310 Å². The van der Waals surface area contributed by atoms with Gasteiger partial charge < -0.3 is 5.32 Å². The van der Waals surface area contributed by atoms with Gasteiger partial charge in [-0.15, -0.1) is 0 Å². The van der Waals surface area contributed by atoms with Crippen LogP contribution in [0.1, 0.15) is 54.0 Å². The van der Waals surface area contributed by atoms with Gasteiger partial charge in [0.2, 0.25) is 15.9 Å². The number of thiazole rings is 1. The molecule has 6 aromatic rings. The van der Waals surface area contributed by atoms with Crippen LogP contribution >= 0.6 is 11.3 Å². The van der Waals surface area contributed by atoms with Crippen LogP contribution in [0.4, 0.5) is 36.6 Å². The Kier molecular flexibility index (Phi) is 9.10. The summed E-state index contributed by atoms with van der Waals surface area (Å²) in [5.74, 6) is -9.62. The Hall–Kier alpha value is -5.31. The first-order valence-corrected chi connectivity index (χ1v) is 19.1. The molecule has 0 fully saturated rings. The molecule has 55 heavy (non-hydrogen) atoms. The molecule has 7 rings (SSSR count). The van der Waals surface area contributed by atoms with Gasteiger partial charge in [-0.05, 0) is 42.2 Å². The third-order valence-electron chi connectivity index (χ3n) is 9.55. The molecular formula is C34H29F7N8O4S2. The lowest BCUT2D eigenvalue weighted by atomic mass is 9.94. The summed E-state index contributed by atoms with van der Waals surface area (Å²) in [4.78, 5) is 33.0. The van der Waals surface area contributed by atoms with E-state index >= 15 is 8.78 Å². The van der Waals surface area contributed by atoms with Gasteiger partial charge in [0, 0.05) is 41.1 Å². The van der Waals surface area contributed by atoms with Gasteiger partial charge in [0.05, 0.1) is 28.2 Å². The minimum absolute atomic E-state index is 0.00126. The van der Waals surface area contributed by atoms with E-state index in [9.17, 15) is 40.0 Å². The SMILES string of the molecule is C[C@@H]1c2c(C(F)(F)F)nn(CC(=O)N[C@@H](Cc3cc(F)cc(F)c3)c3nc4[nH]c(=O)sc4cc3-c3cccc4c(NS(C)(=O)=O)nn(C)c34)c2C(F)(F)[C@@H]1C. The predicted octanol–water partition coefficient (Wildman–Crippen LogP) is 6.35. The summed E-state index contributed by atoms with van der Waals surface area (Å²) in [7, 11) is -2.25. The standard InChI is InChI=1S/C34H29F7N8O4S2/c1-14-15(2)33(37,38)29-25(14)28(34(39,40)41)45-49(29)13-24(50)42-22(10-16-8-17(35)11-18(36)9-16)26-21(12-23-31(43-26)44-32(51)54-23)19-6-5-7-20-27(19)48(3)46-30(20)47-55(4,52)53/h5-9,11-12,14-15,22H,10,13H2,1-4H3,(H,42,50)(H,46,47)(H,43,44,51)/t14-,15+,22-/m0/s1. The van der Waals surface area contributed by atoms with E-state index in [1.54, 1.807) is 24.3 Å². The maximum absolute atomic E-state index is 15.5. The number of nitrogens with one attached hydrogen (secondary N) is 3. The zero-order chi connectivity index (χ0) is 39.9. The van der Waals surface area contributed by atoms with Crippen molar-refractivity contribution < 1.29 is 43.9 Å². The van der Waals surface area contributed by atoms with E-state index in [-0.39, 0.29) is 28.3 Å². The molecule has 0 aliphatic heterocycles. The molecule has 21 heteroatoms. The van der Waals surface area contributed by atoms with E-state index in [1.165, 1.54) is 18.7 Å². The fraction of sp³-hybridized carbons (Fsp3) is 0.324. The molecule has 12 nitrogen and oxygen atoms in total. The molecule has 3 atom stereocenters. The van der Waals surface area contributed by atoms with Gasteiger partial charge in [0.1, 0.15) is 23.9 Å². The molecule has 290 valence electrons. The lowest BCUT2D eigenvalue weighted by Crippen LogP contribution is -2.35. The summed E-state index contributed by atoms with van der Waals surface area (Å²) in [6, 6.07) is 7.54. The summed E-state index contributed by atoms with van der Waals surface area (Å²) < 4.78 is 131. The summed E-state index contributed by atoms with van der Waals surface area (Å²) >= 11 is 0.795. The molecule has 0 saturated carbocycles. The summed E-state index contributed by atoms with van der Waals surface area (Å²) in [6.45, 7) is 1.22. The minimum atomic E-state index is -5.11. The number of benzene rings is 2. The van der Waals surface area contributed by atoms with Crippen molar-refractivity contribution in [2.75, 3.05) is 11.0 Å². The molecule has 2 aromatic carbocycles. The number of amides is 1. The van der Waals surface area contributed by atoms with E-state index < -0.39 is 92.3 Å². The van der Waals surface area contributed by atoms with Crippen molar-refractivity contribution in [1.82, 2.24) is 34.8 Å². The molecule has 0 bridgehead atoms. The van der Waals surface area contributed by atoms with Gasteiger partial charge in [0.15, 0.2) is 17.2 Å². The number of carbonyl (C=O) groups excluding carboxylic acids is 1. The predicted molar refractivity (Wildman–Crippen MR) is 188 cm³/mol. The summed E-state index contributed by atoms with van der Waals surface area (Å²) in [5.41, 5.74) is -2.31. The highest BCUT2D eigenvalue weighted by Gasteiger charge is 2.57. The number of nitrogens with zero attached hydrogens (tertiary/aromatic N) is 5. The first-order chi connectivity index (χ1) is 25.6. The number of para-hydroxylation sites is 1. The smallest absolute Gasteiger partial charge is 0.346 e. The Morgan fingerprint density at radius 2 is 1.76 bits per heavy atom. The number of rotatable bonds is 9. The molecule has 1 amide bonds. The zero-order valence-electron chi connectivity index (χ0n) is 29.0. The minimum Gasteiger partial charge on any atom is -0.346 e. The first kappa shape index (κ1) is 38.0. The maximum Gasteiger partial charge on any atom is 0.435 e. The van der Waals surface area contributed by atoms with E-state index in [2.05, 4.69) is 30.2 Å². The highest BCUT2D eigenvalue weighted by Crippen LogP contribution is 2.55. The average molecular weight is 811 g/mol. The van der Waals surface area contributed by atoms with Crippen LogP contribution in [0.15, 0.2) is 47.3 Å². The molecular weight excluding hydrogens is 782 g/mol. The number of fused-ring (bicyclic) bond motifs is 3. The first-order valence-electron chi connectivity index (χ1n) is 16.4. The number of hydrogen-bond acceptors (Lipinski definition) is 8. The van der Waals surface area contributed by atoms with Crippen LogP contribution in [0.3, 0.4) is 0 Å². The van der Waals surface area contributed by atoms with Gasteiger partial charge in [-0.1, -0.05) is 37.3 Å². The molecule has 0 radical (unpaired) electrons. The molecule has 1 aliphatic rings. The number of halogens is 7. The van der Waals surface area contributed by atoms with Gasteiger partial charge in [-0.3, -0.25) is 28.7 Å². The molecule has 0 spiro atoms. The number of carbonyl (C=O) groups is 1. The van der Waals surface area contributed by atoms with E-state index in [0.29, 0.717) is 31.9 Å². The zero-order valence-corrected chi connectivity index (χ0v) is 30.7. The van der Waals surface area contributed by atoms with Gasteiger partial charge in [0.25, 0.3) is 5.92 Å². The average Bonchev–Trinajstić information content (AvgIpc) is 3.77. The van der Waals surface area contributed by atoms with Crippen molar-refractivity contribution in [2.45, 2.75) is 50.9 Å². The quantitative estimate of drug-likeness (QED) is 0.144. The van der Waals surface area contributed by atoms with Crippen molar-refractivity contribution in [2.24, 2.45) is 13.0 Å². The lowest BCUT2D eigenvalue weighted by molar-refractivity contribution is -0.143.